The molecule has 4 heteroatoms. The molecule has 5 rings (SSSR count). The van der Waals surface area contributed by atoms with Gasteiger partial charge in [-0.15, -0.1) is 11.3 Å². The van der Waals surface area contributed by atoms with Gasteiger partial charge in [0.2, 0.25) is 0 Å². The predicted octanol–water partition coefficient (Wildman–Crippen LogP) is 5.97. The number of rotatable bonds is 4. The molecule has 0 unspecified atom stereocenters. The molecule has 0 bridgehead atoms. The van der Waals surface area contributed by atoms with E-state index in [4.69, 9.17) is 4.98 Å². The van der Waals surface area contributed by atoms with Crippen molar-refractivity contribution in [3.05, 3.63) is 83.2 Å². The third-order valence-electron chi connectivity index (χ3n) is 5.64. The highest BCUT2D eigenvalue weighted by molar-refractivity contribution is 7.21. The summed E-state index contributed by atoms with van der Waals surface area (Å²) in [4.78, 5) is 22.1. The molecule has 0 fully saturated rings. The SMILES string of the molecule is Cc1ncccc1-c1nc2ccc(C(=O)C[C@H]3CCc4ccccc43)cc2s1. The molecule has 4 aromatic rings. The van der Waals surface area contributed by atoms with Gasteiger partial charge in [0.1, 0.15) is 5.01 Å². The van der Waals surface area contributed by atoms with Gasteiger partial charge in [0.15, 0.2) is 5.78 Å². The summed E-state index contributed by atoms with van der Waals surface area (Å²) in [5.41, 5.74) is 6.50. The fourth-order valence-electron chi connectivity index (χ4n) is 4.12. The molecule has 28 heavy (non-hydrogen) atoms. The van der Waals surface area contributed by atoms with Crippen LogP contribution in [0.1, 0.15) is 45.9 Å². The van der Waals surface area contributed by atoms with Crippen LogP contribution in [-0.2, 0) is 6.42 Å². The van der Waals surface area contributed by atoms with E-state index in [1.54, 1.807) is 17.5 Å². The summed E-state index contributed by atoms with van der Waals surface area (Å²) < 4.78 is 1.05. The smallest absolute Gasteiger partial charge is 0.163 e. The number of Topliss-reactive ketones (excluding diaryl/α,β-unsaturated/α-hetero) is 1. The van der Waals surface area contributed by atoms with E-state index < -0.39 is 0 Å². The summed E-state index contributed by atoms with van der Waals surface area (Å²) >= 11 is 1.62. The Morgan fingerprint density at radius 1 is 1.14 bits per heavy atom. The minimum absolute atomic E-state index is 0.219. The van der Waals surface area contributed by atoms with Crippen molar-refractivity contribution in [2.45, 2.75) is 32.1 Å². The first-order valence-electron chi connectivity index (χ1n) is 9.62. The fourth-order valence-corrected chi connectivity index (χ4v) is 5.20. The molecule has 3 nitrogen and oxygen atoms in total. The molecular weight excluding hydrogens is 364 g/mol. The third kappa shape index (κ3) is 3.04. The second-order valence-corrected chi connectivity index (χ2v) is 8.43. The van der Waals surface area contributed by atoms with Gasteiger partial charge in [0.25, 0.3) is 0 Å². The highest BCUT2D eigenvalue weighted by Crippen LogP contribution is 2.37. The number of aromatic nitrogens is 2. The summed E-state index contributed by atoms with van der Waals surface area (Å²) in [6, 6.07) is 18.4. The van der Waals surface area contributed by atoms with Gasteiger partial charge < -0.3 is 0 Å². The number of fused-ring (bicyclic) bond motifs is 2. The molecule has 0 saturated heterocycles. The van der Waals surface area contributed by atoms with Crippen LogP contribution in [0, 0.1) is 6.92 Å². The van der Waals surface area contributed by atoms with E-state index >= 15 is 0 Å². The maximum Gasteiger partial charge on any atom is 0.163 e. The molecule has 2 heterocycles. The first kappa shape index (κ1) is 17.3. The van der Waals surface area contributed by atoms with Crippen molar-refractivity contribution in [3.8, 4) is 10.6 Å². The Labute approximate surface area is 168 Å². The van der Waals surface area contributed by atoms with Crippen molar-refractivity contribution in [1.29, 1.82) is 0 Å². The lowest BCUT2D eigenvalue weighted by Crippen LogP contribution is -2.05. The molecule has 0 spiro atoms. The van der Waals surface area contributed by atoms with E-state index in [0.717, 1.165) is 44.9 Å². The third-order valence-corrected chi connectivity index (χ3v) is 6.69. The molecule has 0 aliphatic heterocycles. The van der Waals surface area contributed by atoms with E-state index in [0.29, 0.717) is 12.3 Å². The number of carbonyl (C=O) groups is 1. The maximum absolute atomic E-state index is 13.0. The molecule has 138 valence electrons. The molecule has 0 N–H and O–H groups in total. The monoisotopic (exact) mass is 384 g/mol. The Bertz CT molecular complexity index is 1190. The highest BCUT2D eigenvalue weighted by atomic mass is 32.1. The van der Waals surface area contributed by atoms with Gasteiger partial charge in [-0.05, 0) is 67.1 Å². The van der Waals surface area contributed by atoms with Crippen molar-refractivity contribution in [3.63, 3.8) is 0 Å². The first-order valence-corrected chi connectivity index (χ1v) is 10.4. The number of hydrogen-bond donors (Lipinski definition) is 0. The number of ketones is 1. The summed E-state index contributed by atoms with van der Waals surface area (Å²) in [6.45, 7) is 2.00. The highest BCUT2D eigenvalue weighted by Gasteiger charge is 2.25. The topological polar surface area (TPSA) is 42.9 Å². The molecule has 2 aromatic carbocycles. The fraction of sp³-hybridized carbons (Fsp3) is 0.208. The van der Waals surface area contributed by atoms with Crippen LogP contribution < -0.4 is 0 Å². The lowest BCUT2D eigenvalue weighted by molar-refractivity contribution is 0.0973. The summed E-state index contributed by atoms with van der Waals surface area (Å²) in [5.74, 6) is 0.561. The van der Waals surface area contributed by atoms with Crippen LogP contribution in [0.5, 0.6) is 0 Å². The molecule has 1 atom stereocenters. The lowest BCUT2D eigenvalue weighted by Gasteiger charge is -2.10. The zero-order valence-electron chi connectivity index (χ0n) is 15.7. The van der Waals surface area contributed by atoms with Gasteiger partial charge in [0, 0.05) is 29.4 Å². The number of thiazole rings is 1. The Hall–Kier alpha value is -2.85. The summed E-state index contributed by atoms with van der Waals surface area (Å²) in [5, 5.41) is 0.954. The zero-order valence-corrected chi connectivity index (χ0v) is 16.5. The quantitative estimate of drug-likeness (QED) is 0.407. The number of aryl methyl sites for hydroxylation is 2. The number of carbonyl (C=O) groups excluding carboxylic acids is 1. The average Bonchev–Trinajstić information content (AvgIpc) is 3.32. The summed E-state index contributed by atoms with van der Waals surface area (Å²) in [7, 11) is 0. The largest absolute Gasteiger partial charge is 0.294 e. The normalized spacial score (nSPS) is 15.7. The lowest BCUT2D eigenvalue weighted by atomic mass is 9.93. The van der Waals surface area contributed by atoms with Gasteiger partial charge in [0.05, 0.1) is 10.2 Å². The van der Waals surface area contributed by atoms with Crippen LogP contribution in [0.3, 0.4) is 0 Å². The Kier molecular flexibility index (Phi) is 4.29. The van der Waals surface area contributed by atoms with E-state index in [1.807, 2.05) is 37.3 Å². The van der Waals surface area contributed by atoms with Crippen LogP contribution in [0.2, 0.25) is 0 Å². The van der Waals surface area contributed by atoms with Crippen molar-refractivity contribution in [2.75, 3.05) is 0 Å². The van der Waals surface area contributed by atoms with Crippen LogP contribution in [0.15, 0.2) is 60.8 Å². The molecule has 1 aliphatic carbocycles. The van der Waals surface area contributed by atoms with Gasteiger partial charge in [-0.3, -0.25) is 9.78 Å². The Morgan fingerprint density at radius 2 is 2.04 bits per heavy atom. The Morgan fingerprint density at radius 3 is 2.93 bits per heavy atom. The van der Waals surface area contributed by atoms with Gasteiger partial charge >= 0.3 is 0 Å². The van der Waals surface area contributed by atoms with Gasteiger partial charge in [-0.25, -0.2) is 4.98 Å². The number of pyridine rings is 1. The Balaban J connectivity index is 1.42. The van der Waals surface area contributed by atoms with Crippen molar-refractivity contribution in [1.82, 2.24) is 9.97 Å². The number of benzene rings is 2. The van der Waals surface area contributed by atoms with Crippen LogP contribution in [0.25, 0.3) is 20.8 Å². The maximum atomic E-state index is 13.0. The zero-order chi connectivity index (χ0) is 19.1. The average molecular weight is 385 g/mol. The molecule has 0 amide bonds. The molecule has 0 saturated carbocycles. The van der Waals surface area contributed by atoms with E-state index in [9.17, 15) is 4.79 Å². The minimum Gasteiger partial charge on any atom is -0.294 e. The van der Waals surface area contributed by atoms with Crippen LogP contribution in [0.4, 0.5) is 0 Å². The molecule has 0 radical (unpaired) electrons. The standard InChI is InChI=1S/C24H20N2OS/c1-15-19(7-4-12-25-15)24-26-21-11-10-18(14-23(21)28-24)22(27)13-17-9-8-16-5-2-3-6-20(16)17/h2-7,10-12,14,17H,8-9,13H2,1H3/t17-/m1/s1. The molecular formula is C24H20N2OS. The van der Waals surface area contributed by atoms with E-state index in [-0.39, 0.29) is 5.78 Å². The van der Waals surface area contributed by atoms with E-state index in [2.05, 4.69) is 29.2 Å². The molecule has 1 aliphatic rings. The predicted molar refractivity (Wildman–Crippen MR) is 114 cm³/mol. The van der Waals surface area contributed by atoms with Crippen molar-refractivity contribution in [2.24, 2.45) is 0 Å². The van der Waals surface area contributed by atoms with Gasteiger partial charge in [-0.2, -0.15) is 0 Å². The first-order chi connectivity index (χ1) is 13.7. The second-order valence-electron chi connectivity index (χ2n) is 7.40. The van der Waals surface area contributed by atoms with Crippen LogP contribution >= 0.6 is 11.3 Å². The van der Waals surface area contributed by atoms with Crippen LogP contribution in [-0.4, -0.2) is 15.8 Å². The molecule has 2 aromatic heterocycles. The second kappa shape index (κ2) is 6.95. The van der Waals surface area contributed by atoms with Crippen molar-refractivity contribution >= 4 is 27.3 Å². The van der Waals surface area contributed by atoms with E-state index in [1.165, 1.54) is 11.1 Å². The summed E-state index contributed by atoms with van der Waals surface area (Å²) in [6.07, 6.45) is 4.52. The number of nitrogens with zero attached hydrogens (tertiary/aromatic N) is 2. The number of hydrogen-bond acceptors (Lipinski definition) is 4. The van der Waals surface area contributed by atoms with Gasteiger partial charge in [-0.1, -0.05) is 24.3 Å². The minimum atomic E-state index is 0.219. The van der Waals surface area contributed by atoms with Crippen molar-refractivity contribution < 1.29 is 4.79 Å².